The van der Waals surface area contributed by atoms with E-state index in [4.69, 9.17) is 10.2 Å². The summed E-state index contributed by atoms with van der Waals surface area (Å²) in [5, 5.41) is 20.2. The summed E-state index contributed by atoms with van der Waals surface area (Å²) < 4.78 is 0. The van der Waals surface area contributed by atoms with Crippen LogP contribution in [-0.2, 0) is 6.42 Å². The lowest BCUT2D eigenvalue weighted by Gasteiger charge is -2.11. The third-order valence-electron chi connectivity index (χ3n) is 2.81. The molecule has 0 aliphatic rings. The Labute approximate surface area is 111 Å². The van der Waals surface area contributed by atoms with E-state index in [1.54, 1.807) is 6.07 Å². The van der Waals surface area contributed by atoms with E-state index in [9.17, 15) is 4.79 Å². The first kappa shape index (κ1) is 13.1. The summed E-state index contributed by atoms with van der Waals surface area (Å²) in [5.74, 6) is 0. The first-order valence-electron chi connectivity index (χ1n) is 6.00. The summed E-state index contributed by atoms with van der Waals surface area (Å²) >= 11 is 0. The monoisotopic (exact) mass is 257 g/mol. The highest BCUT2D eigenvalue weighted by Crippen LogP contribution is 2.29. The number of amides is 1. The van der Waals surface area contributed by atoms with Crippen LogP contribution in [0.5, 0.6) is 0 Å². The van der Waals surface area contributed by atoms with Crippen molar-refractivity contribution in [3.8, 4) is 11.1 Å². The molecule has 4 heteroatoms. The van der Waals surface area contributed by atoms with E-state index in [2.05, 4.69) is 5.32 Å². The normalized spacial score (nSPS) is 10.2. The molecule has 0 radical (unpaired) electrons. The average Bonchev–Trinajstić information content (AvgIpc) is 2.40. The van der Waals surface area contributed by atoms with Crippen molar-refractivity contribution in [2.24, 2.45) is 0 Å². The maximum absolute atomic E-state index is 10.9. The van der Waals surface area contributed by atoms with Crippen LogP contribution in [0.4, 0.5) is 10.5 Å². The van der Waals surface area contributed by atoms with Crippen LogP contribution in [-0.4, -0.2) is 22.9 Å². The van der Waals surface area contributed by atoms with E-state index < -0.39 is 6.09 Å². The van der Waals surface area contributed by atoms with Gasteiger partial charge in [-0.25, -0.2) is 4.79 Å². The zero-order valence-electron chi connectivity index (χ0n) is 10.3. The van der Waals surface area contributed by atoms with Gasteiger partial charge in [-0.05, 0) is 23.6 Å². The Bertz CT molecular complexity index is 567. The van der Waals surface area contributed by atoms with Crippen molar-refractivity contribution in [2.75, 3.05) is 11.9 Å². The molecule has 0 unspecified atom stereocenters. The first-order valence-corrected chi connectivity index (χ1v) is 6.00. The maximum Gasteiger partial charge on any atom is 0.409 e. The van der Waals surface area contributed by atoms with Gasteiger partial charge in [0.2, 0.25) is 0 Å². The highest BCUT2D eigenvalue weighted by Gasteiger charge is 2.08. The summed E-state index contributed by atoms with van der Waals surface area (Å²) in [7, 11) is 0. The van der Waals surface area contributed by atoms with Gasteiger partial charge in [0.1, 0.15) is 0 Å². The summed E-state index contributed by atoms with van der Waals surface area (Å²) in [6, 6.07) is 15.1. The number of aliphatic hydroxyl groups is 1. The second-order valence-electron chi connectivity index (χ2n) is 4.15. The van der Waals surface area contributed by atoms with Gasteiger partial charge in [-0.2, -0.15) is 0 Å². The zero-order chi connectivity index (χ0) is 13.7. The number of rotatable bonds is 4. The van der Waals surface area contributed by atoms with E-state index in [1.165, 1.54) is 0 Å². The molecule has 0 aliphatic carbocycles. The van der Waals surface area contributed by atoms with Crippen LogP contribution in [0.3, 0.4) is 0 Å². The van der Waals surface area contributed by atoms with Gasteiger partial charge in [-0.3, -0.25) is 5.32 Å². The molecular weight excluding hydrogens is 242 g/mol. The lowest BCUT2D eigenvalue weighted by molar-refractivity contribution is 0.210. The lowest BCUT2D eigenvalue weighted by Crippen LogP contribution is -2.09. The highest BCUT2D eigenvalue weighted by molar-refractivity contribution is 5.90. The summed E-state index contributed by atoms with van der Waals surface area (Å²) in [6.45, 7) is 0.0389. The van der Waals surface area contributed by atoms with Crippen LogP contribution in [0.2, 0.25) is 0 Å². The molecule has 1 amide bonds. The van der Waals surface area contributed by atoms with Gasteiger partial charge in [0.15, 0.2) is 0 Å². The molecule has 0 spiro atoms. The Balaban J connectivity index is 2.44. The van der Waals surface area contributed by atoms with Crippen LogP contribution in [0.1, 0.15) is 5.56 Å². The minimum atomic E-state index is -1.10. The largest absolute Gasteiger partial charge is 0.465 e. The number of aliphatic hydroxyl groups excluding tert-OH is 1. The van der Waals surface area contributed by atoms with Crippen molar-refractivity contribution >= 4 is 11.8 Å². The molecule has 98 valence electrons. The van der Waals surface area contributed by atoms with Crippen LogP contribution >= 0.6 is 0 Å². The molecule has 0 fully saturated rings. The standard InChI is InChI=1S/C15H15NO3/c17-9-8-11-6-7-13(12-4-2-1-3-5-12)14(10-11)16-15(18)19/h1-7,10,16-17H,8-9H2,(H,18,19). The average molecular weight is 257 g/mol. The molecule has 0 aromatic heterocycles. The van der Waals surface area contributed by atoms with E-state index >= 15 is 0 Å². The molecular formula is C15H15NO3. The highest BCUT2D eigenvalue weighted by atomic mass is 16.4. The van der Waals surface area contributed by atoms with E-state index in [1.807, 2.05) is 42.5 Å². The number of anilines is 1. The van der Waals surface area contributed by atoms with Crippen LogP contribution in [0.25, 0.3) is 11.1 Å². The molecule has 3 N–H and O–H groups in total. The minimum absolute atomic E-state index is 0.0389. The second kappa shape index (κ2) is 6.02. The van der Waals surface area contributed by atoms with E-state index in [0.29, 0.717) is 12.1 Å². The summed E-state index contributed by atoms with van der Waals surface area (Å²) in [4.78, 5) is 10.9. The third-order valence-corrected chi connectivity index (χ3v) is 2.81. The van der Waals surface area contributed by atoms with E-state index in [0.717, 1.165) is 16.7 Å². The Hall–Kier alpha value is -2.33. The fourth-order valence-electron chi connectivity index (χ4n) is 1.96. The summed E-state index contributed by atoms with van der Waals surface area (Å²) in [6.07, 6.45) is -0.595. The Morgan fingerprint density at radius 3 is 2.47 bits per heavy atom. The van der Waals surface area contributed by atoms with Crippen molar-refractivity contribution < 1.29 is 15.0 Å². The minimum Gasteiger partial charge on any atom is -0.465 e. The van der Waals surface area contributed by atoms with Gasteiger partial charge in [0.05, 0.1) is 5.69 Å². The van der Waals surface area contributed by atoms with Crippen LogP contribution in [0, 0.1) is 0 Å². The molecule has 0 saturated carbocycles. The predicted molar refractivity (Wildman–Crippen MR) is 74.3 cm³/mol. The molecule has 19 heavy (non-hydrogen) atoms. The topological polar surface area (TPSA) is 69.6 Å². The molecule has 0 atom stereocenters. The third kappa shape index (κ3) is 3.33. The second-order valence-corrected chi connectivity index (χ2v) is 4.15. The zero-order valence-corrected chi connectivity index (χ0v) is 10.3. The number of nitrogens with one attached hydrogen (secondary N) is 1. The molecule has 0 heterocycles. The van der Waals surface area contributed by atoms with E-state index in [-0.39, 0.29) is 6.61 Å². The Kier molecular flexibility index (Phi) is 4.15. The fraction of sp³-hybridized carbons (Fsp3) is 0.133. The Morgan fingerprint density at radius 2 is 1.84 bits per heavy atom. The predicted octanol–water partition coefficient (Wildman–Crippen LogP) is 2.98. The number of hydrogen-bond acceptors (Lipinski definition) is 2. The van der Waals surface area contributed by atoms with Gasteiger partial charge in [0, 0.05) is 12.2 Å². The smallest absolute Gasteiger partial charge is 0.409 e. The van der Waals surface area contributed by atoms with Gasteiger partial charge >= 0.3 is 6.09 Å². The molecule has 2 aromatic rings. The van der Waals surface area contributed by atoms with Gasteiger partial charge < -0.3 is 10.2 Å². The number of carbonyl (C=O) groups is 1. The van der Waals surface area contributed by atoms with Crippen molar-refractivity contribution in [3.63, 3.8) is 0 Å². The van der Waals surface area contributed by atoms with Crippen molar-refractivity contribution in [2.45, 2.75) is 6.42 Å². The quantitative estimate of drug-likeness (QED) is 0.788. The molecule has 2 rings (SSSR count). The summed E-state index contributed by atoms with van der Waals surface area (Å²) in [5.41, 5.74) is 3.20. The molecule has 0 bridgehead atoms. The SMILES string of the molecule is O=C(O)Nc1cc(CCO)ccc1-c1ccccc1. The fourth-order valence-corrected chi connectivity index (χ4v) is 1.96. The Morgan fingerprint density at radius 1 is 1.11 bits per heavy atom. The van der Waals surface area contributed by atoms with Crippen LogP contribution in [0.15, 0.2) is 48.5 Å². The molecule has 2 aromatic carbocycles. The van der Waals surface area contributed by atoms with Gasteiger partial charge in [-0.15, -0.1) is 0 Å². The first-order chi connectivity index (χ1) is 9.20. The lowest BCUT2D eigenvalue weighted by atomic mass is 10.0. The molecule has 0 saturated heterocycles. The van der Waals surface area contributed by atoms with Crippen LogP contribution < -0.4 is 5.32 Å². The number of benzene rings is 2. The van der Waals surface area contributed by atoms with Gasteiger partial charge in [-0.1, -0.05) is 42.5 Å². The van der Waals surface area contributed by atoms with Crippen molar-refractivity contribution in [3.05, 3.63) is 54.1 Å². The number of carboxylic acid groups (broad SMARTS) is 1. The maximum atomic E-state index is 10.9. The van der Waals surface area contributed by atoms with Crippen molar-refractivity contribution in [1.82, 2.24) is 0 Å². The van der Waals surface area contributed by atoms with Gasteiger partial charge in [0.25, 0.3) is 0 Å². The van der Waals surface area contributed by atoms with Crippen molar-refractivity contribution in [1.29, 1.82) is 0 Å². The molecule has 4 nitrogen and oxygen atoms in total. The number of hydrogen-bond donors (Lipinski definition) is 3. The molecule has 0 aliphatic heterocycles.